The molecule has 74 valence electrons. The van der Waals surface area contributed by atoms with Crippen molar-refractivity contribution in [2.75, 3.05) is 6.54 Å². The van der Waals surface area contributed by atoms with Crippen LogP contribution in [0.2, 0.25) is 0 Å². The van der Waals surface area contributed by atoms with E-state index in [1.165, 1.54) is 12.8 Å². The van der Waals surface area contributed by atoms with Crippen LogP contribution < -0.4 is 5.32 Å². The molecule has 0 radical (unpaired) electrons. The summed E-state index contributed by atoms with van der Waals surface area (Å²) in [6.07, 6.45) is 6.04. The van der Waals surface area contributed by atoms with Gasteiger partial charge >= 0.3 is 5.97 Å². The summed E-state index contributed by atoms with van der Waals surface area (Å²) in [6, 6.07) is -0.265. The second-order valence-electron chi connectivity index (χ2n) is 4.34. The van der Waals surface area contributed by atoms with Crippen molar-refractivity contribution in [1.29, 1.82) is 0 Å². The molecule has 1 unspecified atom stereocenters. The van der Waals surface area contributed by atoms with Crippen LogP contribution in [-0.4, -0.2) is 23.7 Å². The molecular weight excluding hydrogens is 166 g/mol. The molecule has 0 saturated heterocycles. The van der Waals surface area contributed by atoms with Gasteiger partial charge in [0.05, 0.1) is 0 Å². The van der Waals surface area contributed by atoms with E-state index in [0.717, 1.165) is 31.7 Å². The van der Waals surface area contributed by atoms with Crippen molar-refractivity contribution >= 4 is 5.97 Å². The van der Waals surface area contributed by atoms with Crippen molar-refractivity contribution in [3.63, 3.8) is 0 Å². The predicted octanol–water partition coefficient (Wildman–Crippen LogP) is 1.24. The van der Waals surface area contributed by atoms with Gasteiger partial charge in [-0.25, -0.2) is 0 Å². The number of carbonyl (C=O) groups is 1. The summed E-state index contributed by atoms with van der Waals surface area (Å²) in [4.78, 5) is 10.8. The Hall–Kier alpha value is -0.570. The molecule has 0 aromatic rings. The molecule has 2 rings (SSSR count). The molecule has 0 heterocycles. The molecule has 2 N–H and O–H groups in total. The van der Waals surface area contributed by atoms with Gasteiger partial charge in [-0.3, -0.25) is 4.79 Å². The summed E-state index contributed by atoms with van der Waals surface area (Å²) in [6.45, 7) is 0.887. The molecule has 0 spiro atoms. The van der Waals surface area contributed by atoms with Crippen LogP contribution in [-0.2, 0) is 4.79 Å². The van der Waals surface area contributed by atoms with E-state index in [-0.39, 0.29) is 6.04 Å². The summed E-state index contributed by atoms with van der Waals surface area (Å²) in [5.74, 6) is 0.635. The van der Waals surface area contributed by atoms with Crippen LogP contribution in [0.15, 0.2) is 0 Å². The first-order valence-corrected chi connectivity index (χ1v) is 5.23. The monoisotopic (exact) mass is 183 g/mol. The zero-order valence-corrected chi connectivity index (χ0v) is 7.83. The Kier molecular flexibility index (Phi) is 2.54. The third-order valence-corrected chi connectivity index (χ3v) is 2.97. The molecule has 0 aromatic heterocycles. The topological polar surface area (TPSA) is 49.3 Å². The lowest BCUT2D eigenvalue weighted by Gasteiger charge is -2.12. The van der Waals surface area contributed by atoms with Gasteiger partial charge in [-0.1, -0.05) is 12.8 Å². The summed E-state index contributed by atoms with van der Waals surface area (Å²) in [5, 5.41) is 12.1. The molecule has 0 aliphatic heterocycles. The number of rotatable bonds is 6. The third kappa shape index (κ3) is 2.69. The largest absolute Gasteiger partial charge is 0.480 e. The molecule has 13 heavy (non-hydrogen) atoms. The van der Waals surface area contributed by atoms with Gasteiger partial charge < -0.3 is 10.4 Å². The van der Waals surface area contributed by atoms with Crippen LogP contribution in [0.25, 0.3) is 0 Å². The predicted molar refractivity (Wildman–Crippen MR) is 49.5 cm³/mol. The minimum Gasteiger partial charge on any atom is -0.480 e. The first-order valence-electron chi connectivity index (χ1n) is 5.23. The van der Waals surface area contributed by atoms with Crippen molar-refractivity contribution in [3.05, 3.63) is 0 Å². The average Bonchev–Trinajstić information content (AvgIpc) is 2.90. The summed E-state index contributed by atoms with van der Waals surface area (Å²) in [5.41, 5.74) is 0. The van der Waals surface area contributed by atoms with Gasteiger partial charge in [0.15, 0.2) is 0 Å². The van der Waals surface area contributed by atoms with E-state index < -0.39 is 5.97 Å². The van der Waals surface area contributed by atoms with E-state index in [4.69, 9.17) is 5.11 Å². The maximum Gasteiger partial charge on any atom is 0.320 e. The molecule has 0 bridgehead atoms. The highest BCUT2D eigenvalue weighted by Crippen LogP contribution is 2.34. The normalized spacial score (nSPS) is 24.3. The Labute approximate surface area is 78.5 Å². The zero-order chi connectivity index (χ0) is 9.26. The molecular formula is C10H17NO2. The van der Waals surface area contributed by atoms with Gasteiger partial charge in [0.25, 0.3) is 0 Å². The van der Waals surface area contributed by atoms with Gasteiger partial charge in [0.1, 0.15) is 6.04 Å². The van der Waals surface area contributed by atoms with Crippen LogP contribution in [0.5, 0.6) is 0 Å². The van der Waals surface area contributed by atoms with Crippen LogP contribution in [0, 0.1) is 11.8 Å². The molecule has 2 aliphatic carbocycles. The molecule has 3 heteroatoms. The van der Waals surface area contributed by atoms with E-state index in [0.29, 0.717) is 5.92 Å². The average molecular weight is 183 g/mol. The van der Waals surface area contributed by atoms with Crippen LogP contribution in [0.4, 0.5) is 0 Å². The van der Waals surface area contributed by atoms with Crippen molar-refractivity contribution < 1.29 is 9.90 Å². The molecule has 3 nitrogen and oxygen atoms in total. The molecule has 2 aliphatic rings. The maximum atomic E-state index is 10.8. The number of carboxylic acids is 1. The van der Waals surface area contributed by atoms with Crippen molar-refractivity contribution in [1.82, 2.24) is 5.32 Å². The first-order chi connectivity index (χ1) is 6.27. The Morgan fingerprint density at radius 2 is 2.08 bits per heavy atom. The van der Waals surface area contributed by atoms with Crippen molar-refractivity contribution in [2.45, 2.75) is 38.1 Å². The van der Waals surface area contributed by atoms with Crippen molar-refractivity contribution in [3.8, 4) is 0 Å². The Bertz CT molecular complexity index is 197. The minimum absolute atomic E-state index is 0.265. The smallest absolute Gasteiger partial charge is 0.320 e. The summed E-state index contributed by atoms with van der Waals surface area (Å²) in [7, 11) is 0. The lowest BCUT2D eigenvalue weighted by atomic mass is 10.2. The second kappa shape index (κ2) is 3.66. The number of hydrogen-bond donors (Lipinski definition) is 2. The fourth-order valence-electron chi connectivity index (χ4n) is 1.73. The van der Waals surface area contributed by atoms with Crippen molar-refractivity contribution in [2.24, 2.45) is 11.8 Å². The molecule has 0 amide bonds. The van der Waals surface area contributed by atoms with E-state index in [1.54, 1.807) is 0 Å². The van der Waals surface area contributed by atoms with Gasteiger partial charge in [-0.15, -0.1) is 0 Å². The van der Waals surface area contributed by atoms with E-state index in [1.807, 2.05) is 0 Å². The molecule has 2 saturated carbocycles. The van der Waals surface area contributed by atoms with Gasteiger partial charge in [-0.2, -0.15) is 0 Å². The highest BCUT2D eigenvalue weighted by atomic mass is 16.4. The number of aliphatic carboxylic acids is 1. The quantitative estimate of drug-likeness (QED) is 0.651. The van der Waals surface area contributed by atoms with E-state index in [2.05, 4.69) is 5.32 Å². The van der Waals surface area contributed by atoms with Crippen LogP contribution >= 0.6 is 0 Å². The van der Waals surface area contributed by atoms with Crippen LogP contribution in [0.1, 0.15) is 32.1 Å². The fourth-order valence-corrected chi connectivity index (χ4v) is 1.73. The lowest BCUT2D eigenvalue weighted by molar-refractivity contribution is -0.140. The third-order valence-electron chi connectivity index (χ3n) is 2.97. The maximum absolute atomic E-state index is 10.8. The van der Waals surface area contributed by atoms with E-state index >= 15 is 0 Å². The standard InChI is InChI=1S/C10H17NO2/c12-10(13)9(8-3-4-8)11-6-5-7-1-2-7/h7-9,11H,1-6H2,(H,12,13). The van der Waals surface area contributed by atoms with Gasteiger partial charge in [0, 0.05) is 0 Å². The van der Waals surface area contributed by atoms with Gasteiger partial charge in [-0.05, 0) is 37.6 Å². The lowest BCUT2D eigenvalue weighted by Crippen LogP contribution is -2.39. The Morgan fingerprint density at radius 1 is 1.38 bits per heavy atom. The summed E-state index contributed by atoms with van der Waals surface area (Å²) < 4.78 is 0. The van der Waals surface area contributed by atoms with Crippen LogP contribution in [0.3, 0.4) is 0 Å². The second-order valence-corrected chi connectivity index (χ2v) is 4.34. The Morgan fingerprint density at radius 3 is 2.54 bits per heavy atom. The number of hydrogen-bond acceptors (Lipinski definition) is 2. The Balaban J connectivity index is 1.66. The molecule has 0 aromatic carbocycles. The fraction of sp³-hybridized carbons (Fsp3) is 0.900. The SMILES string of the molecule is O=C(O)C(NCCC1CC1)C1CC1. The zero-order valence-electron chi connectivity index (χ0n) is 7.83. The number of nitrogens with one attached hydrogen (secondary N) is 1. The minimum atomic E-state index is -0.668. The van der Waals surface area contributed by atoms with Gasteiger partial charge in [0.2, 0.25) is 0 Å². The van der Waals surface area contributed by atoms with E-state index in [9.17, 15) is 4.79 Å². The molecule has 1 atom stereocenters. The highest BCUT2D eigenvalue weighted by molar-refractivity contribution is 5.74. The molecule has 2 fully saturated rings. The number of carboxylic acid groups (broad SMARTS) is 1. The first kappa shape index (κ1) is 9.00. The highest BCUT2D eigenvalue weighted by Gasteiger charge is 2.35. The summed E-state index contributed by atoms with van der Waals surface area (Å²) >= 11 is 0.